The van der Waals surface area contributed by atoms with Crippen molar-refractivity contribution >= 4 is 0 Å². The Balaban J connectivity index is 1.91. The molecule has 0 radical (unpaired) electrons. The molecule has 1 fully saturated rings. The number of aliphatic hydroxyl groups is 1. The zero-order valence-corrected chi connectivity index (χ0v) is 8.24. The van der Waals surface area contributed by atoms with Gasteiger partial charge in [0.1, 0.15) is 5.75 Å². The number of aryl methyl sites for hydroxylation is 1. The SMILES string of the molecule is Oc1cccc(CCC2(O)CCC2)c1. The van der Waals surface area contributed by atoms with Crippen molar-refractivity contribution in [2.75, 3.05) is 0 Å². The van der Waals surface area contributed by atoms with E-state index >= 15 is 0 Å². The highest BCUT2D eigenvalue weighted by molar-refractivity contribution is 5.27. The maximum atomic E-state index is 9.88. The lowest BCUT2D eigenvalue weighted by Crippen LogP contribution is -2.36. The molecule has 0 saturated heterocycles. The van der Waals surface area contributed by atoms with Gasteiger partial charge >= 0.3 is 0 Å². The normalized spacial score (nSPS) is 18.9. The minimum absolute atomic E-state index is 0.308. The van der Waals surface area contributed by atoms with Crippen molar-refractivity contribution < 1.29 is 10.2 Å². The van der Waals surface area contributed by atoms with E-state index in [1.807, 2.05) is 12.1 Å². The molecule has 2 nitrogen and oxygen atoms in total. The van der Waals surface area contributed by atoms with Gasteiger partial charge in [-0.05, 0) is 49.8 Å². The summed E-state index contributed by atoms with van der Waals surface area (Å²) in [6.07, 6.45) is 4.69. The second-order valence-corrected chi connectivity index (χ2v) is 4.25. The summed E-state index contributed by atoms with van der Waals surface area (Å²) < 4.78 is 0. The number of phenols is 1. The molecule has 76 valence electrons. The predicted molar refractivity (Wildman–Crippen MR) is 55.2 cm³/mol. The molecule has 0 aromatic heterocycles. The molecule has 1 saturated carbocycles. The van der Waals surface area contributed by atoms with E-state index in [0.29, 0.717) is 5.75 Å². The summed E-state index contributed by atoms with van der Waals surface area (Å²) >= 11 is 0. The largest absolute Gasteiger partial charge is 0.508 e. The Morgan fingerprint density at radius 2 is 2.07 bits per heavy atom. The highest BCUT2D eigenvalue weighted by Gasteiger charge is 2.33. The summed E-state index contributed by atoms with van der Waals surface area (Å²) in [5, 5.41) is 19.1. The first-order chi connectivity index (χ1) is 6.68. The molecule has 2 heteroatoms. The molecule has 1 aromatic carbocycles. The van der Waals surface area contributed by atoms with Gasteiger partial charge in [0, 0.05) is 0 Å². The molecule has 0 unspecified atom stereocenters. The van der Waals surface area contributed by atoms with Crippen LogP contribution in [0.3, 0.4) is 0 Å². The van der Waals surface area contributed by atoms with Crippen molar-refractivity contribution in [3.63, 3.8) is 0 Å². The first kappa shape index (κ1) is 9.53. The smallest absolute Gasteiger partial charge is 0.115 e. The Labute approximate surface area is 84.2 Å². The van der Waals surface area contributed by atoms with Gasteiger partial charge in [0.15, 0.2) is 0 Å². The first-order valence-corrected chi connectivity index (χ1v) is 5.18. The lowest BCUT2D eigenvalue weighted by atomic mass is 9.76. The third-order valence-corrected chi connectivity index (χ3v) is 3.07. The Morgan fingerprint density at radius 1 is 1.29 bits per heavy atom. The molecule has 1 aliphatic rings. The molecule has 0 bridgehead atoms. The first-order valence-electron chi connectivity index (χ1n) is 5.18. The van der Waals surface area contributed by atoms with Gasteiger partial charge in [0.2, 0.25) is 0 Å². The number of benzene rings is 1. The van der Waals surface area contributed by atoms with Crippen molar-refractivity contribution in [3.05, 3.63) is 29.8 Å². The number of hydrogen-bond acceptors (Lipinski definition) is 2. The van der Waals surface area contributed by atoms with Gasteiger partial charge in [-0.1, -0.05) is 12.1 Å². The predicted octanol–water partition coefficient (Wildman–Crippen LogP) is 2.24. The summed E-state index contributed by atoms with van der Waals surface area (Å²) in [5.74, 6) is 0.308. The molecular formula is C12H16O2. The van der Waals surface area contributed by atoms with Crippen LogP contribution in [0.1, 0.15) is 31.2 Å². The zero-order valence-electron chi connectivity index (χ0n) is 8.24. The molecule has 2 rings (SSSR count). The minimum atomic E-state index is -0.411. The second kappa shape index (κ2) is 3.62. The van der Waals surface area contributed by atoms with Crippen LogP contribution in [0.25, 0.3) is 0 Å². The molecule has 1 aliphatic carbocycles. The zero-order chi connectivity index (χ0) is 10.0. The lowest BCUT2D eigenvalue weighted by molar-refractivity contribution is -0.0397. The quantitative estimate of drug-likeness (QED) is 0.771. The van der Waals surface area contributed by atoms with Crippen molar-refractivity contribution in [2.24, 2.45) is 0 Å². The van der Waals surface area contributed by atoms with Crippen molar-refractivity contribution in [1.29, 1.82) is 0 Å². The fourth-order valence-electron chi connectivity index (χ4n) is 1.92. The molecule has 2 N–H and O–H groups in total. The van der Waals surface area contributed by atoms with Crippen LogP contribution in [0, 0.1) is 0 Å². The van der Waals surface area contributed by atoms with Crippen LogP contribution in [0.2, 0.25) is 0 Å². The van der Waals surface area contributed by atoms with Crippen molar-refractivity contribution in [3.8, 4) is 5.75 Å². The van der Waals surface area contributed by atoms with Gasteiger partial charge in [-0.25, -0.2) is 0 Å². The van der Waals surface area contributed by atoms with E-state index in [0.717, 1.165) is 37.7 Å². The fourth-order valence-corrected chi connectivity index (χ4v) is 1.92. The maximum absolute atomic E-state index is 9.88. The van der Waals surface area contributed by atoms with Gasteiger partial charge in [0.05, 0.1) is 5.60 Å². The number of hydrogen-bond donors (Lipinski definition) is 2. The van der Waals surface area contributed by atoms with E-state index in [9.17, 15) is 10.2 Å². The van der Waals surface area contributed by atoms with Crippen LogP contribution in [0.4, 0.5) is 0 Å². The van der Waals surface area contributed by atoms with Crippen LogP contribution in [-0.2, 0) is 6.42 Å². The molecule has 0 amide bonds. The van der Waals surface area contributed by atoms with E-state index < -0.39 is 5.60 Å². The van der Waals surface area contributed by atoms with E-state index in [2.05, 4.69) is 0 Å². The van der Waals surface area contributed by atoms with Gasteiger partial charge in [-0.2, -0.15) is 0 Å². The maximum Gasteiger partial charge on any atom is 0.115 e. The summed E-state index contributed by atoms with van der Waals surface area (Å²) in [5.41, 5.74) is 0.691. The average Bonchev–Trinajstić information content (AvgIpc) is 2.12. The van der Waals surface area contributed by atoms with Crippen molar-refractivity contribution in [1.82, 2.24) is 0 Å². The Hall–Kier alpha value is -1.02. The minimum Gasteiger partial charge on any atom is -0.508 e. The molecule has 0 spiro atoms. The van der Waals surface area contributed by atoms with Crippen LogP contribution in [0.5, 0.6) is 5.75 Å². The summed E-state index contributed by atoms with van der Waals surface area (Å²) in [7, 11) is 0. The summed E-state index contributed by atoms with van der Waals surface area (Å²) in [6, 6.07) is 7.26. The van der Waals surface area contributed by atoms with E-state index in [1.54, 1.807) is 12.1 Å². The molecule has 0 aliphatic heterocycles. The third kappa shape index (κ3) is 2.07. The van der Waals surface area contributed by atoms with Gasteiger partial charge < -0.3 is 10.2 Å². The van der Waals surface area contributed by atoms with Crippen molar-refractivity contribution in [2.45, 2.75) is 37.7 Å². The molecular weight excluding hydrogens is 176 g/mol. The Morgan fingerprint density at radius 3 is 2.64 bits per heavy atom. The van der Waals surface area contributed by atoms with Crippen LogP contribution in [0.15, 0.2) is 24.3 Å². The van der Waals surface area contributed by atoms with Crippen LogP contribution < -0.4 is 0 Å². The van der Waals surface area contributed by atoms with Gasteiger partial charge in [-0.3, -0.25) is 0 Å². The fraction of sp³-hybridized carbons (Fsp3) is 0.500. The number of aromatic hydroxyl groups is 1. The topological polar surface area (TPSA) is 40.5 Å². The van der Waals surface area contributed by atoms with Crippen LogP contribution >= 0.6 is 0 Å². The van der Waals surface area contributed by atoms with Crippen LogP contribution in [-0.4, -0.2) is 15.8 Å². The summed E-state index contributed by atoms with van der Waals surface area (Å²) in [4.78, 5) is 0. The monoisotopic (exact) mass is 192 g/mol. The second-order valence-electron chi connectivity index (χ2n) is 4.25. The molecule has 0 atom stereocenters. The Kier molecular flexibility index (Phi) is 2.46. The molecule has 0 heterocycles. The Bertz CT molecular complexity index is 316. The summed E-state index contributed by atoms with van der Waals surface area (Å²) in [6.45, 7) is 0. The number of rotatable bonds is 3. The third-order valence-electron chi connectivity index (χ3n) is 3.07. The molecule has 1 aromatic rings. The lowest BCUT2D eigenvalue weighted by Gasteiger charge is -2.36. The van der Waals surface area contributed by atoms with E-state index in [-0.39, 0.29) is 0 Å². The highest BCUT2D eigenvalue weighted by Crippen LogP contribution is 2.35. The van der Waals surface area contributed by atoms with Gasteiger partial charge in [-0.15, -0.1) is 0 Å². The highest BCUT2D eigenvalue weighted by atomic mass is 16.3. The molecule has 14 heavy (non-hydrogen) atoms. The van der Waals surface area contributed by atoms with E-state index in [4.69, 9.17) is 0 Å². The van der Waals surface area contributed by atoms with E-state index in [1.165, 1.54) is 0 Å². The standard InChI is InChI=1S/C12H16O2/c13-11-4-1-3-10(9-11)5-8-12(14)6-2-7-12/h1,3-4,9,13-14H,2,5-8H2. The number of phenolic OH excluding ortho intramolecular Hbond substituents is 1. The van der Waals surface area contributed by atoms with Gasteiger partial charge in [0.25, 0.3) is 0 Å². The average molecular weight is 192 g/mol.